The first-order valence-electron chi connectivity index (χ1n) is 11.2. The number of nitrogens with zero attached hydrogens (tertiary/aromatic N) is 1. The molecule has 1 aromatic heterocycles. The second-order valence-electron chi connectivity index (χ2n) is 7.89. The van der Waals surface area contributed by atoms with Gasteiger partial charge in [-0.05, 0) is 23.3 Å². The lowest BCUT2D eigenvalue weighted by Gasteiger charge is -2.17. The van der Waals surface area contributed by atoms with Crippen LogP contribution in [0.25, 0.3) is 0 Å². The molecule has 0 saturated heterocycles. The van der Waals surface area contributed by atoms with Gasteiger partial charge in [0, 0.05) is 12.8 Å². The minimum atomic E-state index is -0.946. The first kappa shape index (κ1) is 26.1. The lowest BCUT2D eigenvalue weighted by molar-refractivity contribution is -0.143. The van der Waals surface area contributed by atoms with E-state index in [9.17, 15) is 19.2 Å². The van der Waals surface area contributed by atoms with Gasteiger partial charge in [-0.15, -0.1) is 0 Å². The number of esters is 2. The topological polar surface area (TPSA) is 124 Å². The zero-order chi connectivity index (χ0) is 25.9. The smallest absolute Gasteiger partial charge is 0.328 e. The molecule has 3 aromatic rings. The molecule has 0 bridgehead atoms. The summed E-state index contributed by atoms with van der Waals surface area (Å²) in [6, 6.07) is 20.8. The van der Waals surface area contributed by atoms with Gasteiger partial charge in [-0.2, -0.15) is 0 Å². The van der Waals surface area contributed by atoms with Crippen LogP contribution < -0.4 is 10.6 Å². The van der Waals surface area contributed by atoms with Gasteiger partial charge in [0.2, 0.25) is 0 Å². The molecule has 186 valence electrons. The average molecular weight is 490 g/mol. The van der Waals surface area contributed by atoms with Gasteiger partial charge >= 0.3 is 11.9 Å². The molecule has 2 atom stereocenters. The van der Waals surface area contributed by atoms with E-state index in [2.05, 4.69) is 15.6 Å². The van der Waals surface area contributed by atoms with Gasteiger partial charge < -0.3 is 20.1 Å². The van der Waals surface area contributed by atoms with Gasteiger partial charge in [0.05, 0.1) is 14.2 Å². The molecule has 9 heteroatoms. The molecule has 2 amide bonds. The van der Waals surface area contributed by atoms with Gasteiger partial charge in [0.1, 0.15) is 23.5 Å². The standard InChI is InChI=1S/C27H27N3O6/c1-35-26(33)22(16-18-10-5-3-6-11-18)29-24(31)20-14-9-15-21(28-20)25(32)30-23(27(34)36-2)17-19-12-7-4-8-13-19/h3-15,22-23H,16-17H2,1-2H3,(H,29,31)(H,30,32). The molecule has 3 rings (SSSR count). The van der Waals surface area contributed by atoms with E-state index >= 15 is 0 Å². The van der Waals surface area contributed by atoms with Gasteiger partial charge in [-0.25, -0.2) is 14.6 Å². The molecule has 0 saturated carbocycles. The largest absolute Gasteiger partial charge is 0.467 e. The number of hydrogen-bond acceptors (Lipinski definition) is 7. The van der Waals surface area contributed by atoms with E-state index in [1.165, 1.54) is 32.4 Å². The highest BCUT2D eigenvalue weighted by atomic mass is 16.5. The van der Waals surface area contributed by atoms with E-state index < -0.39 is 35.8 Å². The summed E-state index contributed by atoms with van der Waals surface area (Å²) in [4.78, 5) is 54.4. The van der Waals surface area contributed by atoms with Crippen molar-refractivity contribution in [1.29, 1.82) is 0 Å². The number of benzene rings is 2. The van der Waals surface area contributed by atoms with Crippen LogP contribution >= 0.6 is 0 Å². The summed E-state index contributed by atoms with van der Waals surface area (Å²) in [6.45, 7) is 0. The molecule has 36 heavy (non-hydrogen) atoms. The van der Waals surface area contributed by atoms with Crippen molar-refractivity contribution < 1.29 is 28.7 Å². The summed E-state index contributed by atoms with van der Waals surface area (Å²) in [6.07, 6.45) is 0.444. The van der Waals surface area contributed by atoms with E-state index in [1.807, 2.05) is 60.7 Å². The van der Waals surface area contributed by atoms with Crippen molar-refractivity contribution in [2.45, 2.75) is 24.9 Å². The number of methoxy groups -OCH3 is 2. The second kappa shape index (κ2) is 12.8. The molecule has 2 aromatic carbocycles. The molecular formula is C27H27N3O6. The number of carbonyl (C=O) groups is 4. The van der Waals surface area contributed by atoms with Gasteiger partial charge in [0.15, 0.2) is 0 Å². The predicted molar refractivity (Wildman–Crippen MR) is 131 cm³/mol. The van der Waals surface area contributed by atoms with Crippen molar-refractivity contribution in [2.75, 3.05) is 14.2 Å². The zero-order valence-corrected chi connectivity index (χ0v) is 20.0. The normalized spacial score (nSPS) is 12.1. The first-order chi connectivity index (χ1) is 17.4. The highest BCUT2D eigenvalue weighted by Crippen LogP contribution is 2.08. The molecule has 2 N–H and O–H groups in total. The highest BCUT2D eigenvalue weighted by Gasteiger charge is 2.25. The van der Waals surface area contributed by atoms with Crippen LogP contribution in [0.2, 0.25) is 0 Å². The lowest BCUT2D eigenvalue weighted by Crippen LogP contribution is -2.44. The number of hydrogen-bond donors (Lipinski definition) is 2. The van der Waals surface area contributed by atoms with Gasteiger partial charge in [-0.3, -0.25) is 9.59 Å². The Morgan fingerprint density at radius 1 is 0.639 bits per heavy atom. The molecule has 0 radical (unpaired) electrons. The van der Waals surface area contributed by atoms with E-state index in [1.54, 1.807) is 0 Å². The SMILES string of the molecule is COC(=O)C(Cc1ccccc1)NC(=O)c1cccc(C(=O)NC(Cc2ccccc2)C(=O)OC)n1. The molecule has 1 heterocycles. The quantitative estimate of drug-likeness (QED) is 0.418. The molecule has 0 fully saturated rings. The van der Waals surface area contributed by atoms with Crippen LogP contribution in [0, 0.1) is 0 Å². The second-order valence-corrected chi connectivity index (χ2v) is 7.89. The fraction of sp³-hybridized carbons (Fsp3) is 0.222. The lowest BCUT2D eigenvalue weighted by atomic mass is 10.1. The Balaban J connectivity index is 1.73. The first-order valence-corrected chi connectivity index (χ1v) is 11.2. The Morgan fingerprint density at radius 2 is 1.03 bits per heavy atom. The van der Waals surface area contributed by atoms with Crippen LogP contribution in [0.3, 0.4) is 0 Å². The Morgan fingerprint density at radius 3 is 1.39 bits per heavy atom. The van der Waals surface area contributed by atoms with E-state index in [0.717, 1.165) is 11.1 Å². The Hall–Kier alpha value is -4.53. The average Bonchev–Trinajstić information content (AvgIpc) is 2.92. The summed E-state index contributed by atoms with van der Waals surface area (Å²) in [7, 11) is 2.48. The van der Waals surface area contributed by atoms with Crippen molar-refractivity contribution in [3.05, 3.63) is 101 Å². The number of amides is 2. The maximum absolute atomic E-state index is 12.9. The third-order valence-electron chi connectivity index (χ3n) is 5.36. The van der Waals surface area contributed by atoms with Crippen molar-refractivity contribution in [3.63, 3.8) is 0 Å². The van der Waals surface area contributed by atoms with Crippen LogP contribution in [-0.4, -0.2) is 55.0 Å². The number of nitrogens with one attached hydrogen (secondary N) is 2. The molecule has 0 aliphatic carbocycles. The summed E-state index contributed by atoms with van der Waals surface area (Å²) >= 11 is 0. The Bertz CT molecular complexity index is 1110. The summed E-state index contributed by atoms with van der Waals surface area (Å²) in [5, 5.41) is 5.24. The van der Waals surface area contributed by atoms with Crippen LogP contribution in [0.5, 0.6) is 0 Å². The van der Waals surface area contributed by atoms with Gasteiger partial charge in [-0.1, -0.05) is 66.7 Å². The van der Waals surface area contributed by atoms with Crippen LogP contribution in [0.4, 0.5) is 0 Å². The number of pyridine rings is 1. The molecule has 0 aliphatic heterocycles. The minimum Gasteiger partial charge on any atom is -0.467 e. The van der Waals surface area contributed by atoms with Crippen LogP contribution in [0.15, 0.2) is 78.9 Å². The number of ether oxygens (including phenoxy) is 2. The molecule has 0 spiro atoms. The number of aromatic nitrogens is 1. The van der Waals surface area contributed by atoms with Crippen molar-refractivity contribution >= 4 is 23.8 Å². The number of rotatable bonds is 10. The molecular weight excluding hydrogens is 462 g/mol. The third-order valence-corrected chi connectivity index (χ3v) is 5.36. The Kier molecular flexibility index (Phi) is 9.27. The van der Waals surface area contributed by atoms with Crippen molar-refractivity contribution in [3.8, 4) is 0 Å². The predicted octanol–water partition coefficient (Wildman–Crippen LogP) is 2.11. The van der Waals surface area contributed by atoms with Crippen LogP contribution in [-0.2, 0) is 31.9 Å². The van der Waals surface area contributed by atoms with Crippen molar-refractivity contribution in [2.24, 2.45) is 0 Å². The summed E-state index contributed by atoms with van der Waals surface area (Å²) < 4.78 is 9.65. The van der Waals surface area contributed by atoms with Crippen molar-refractivity contribution in [1.82, 2.24) is 15.6 Å². The summed E-state index contributed by atoms with van der Waals surface area (Å²) in [5.41, 5.74) is 1.53. The van der Waals surface area contributed by atoms with E-state index in [0.29, 0.717) is 0 Å². The maximum atomic E-state index is 12.9. The molecule has 0 aliphatic rings. The van der Waals surface area contributed by atoms with E-state index in [-0.39, 0.29) is 24.2 Å². The van der Waals surface area contributed by atoms with Crippen LogP contribution in [0.1, 0.15) is 32.1 Å². The third kappa shape index (κ3) is 7.23. The highest BCUT2D eigenvalue weighted by molar-refractivity contribution is 5.98. The fourth-order valence-electron chi connectivity index (χ4n) is 3.52. The number of carbonyl (C=O) groups excluding carboxylic acids is 4. The molecule has 9 nitrogen and oxygen atoms in total. The maximum Gasteiger partial charge on any atom is 0.328 e. The summed E-state index contributed by atoms with van der Waals surface area (Å²) in [5.74, 6) is -2.51. The minimum absolute atomic E-state index is 0.0673. The fourth-order valence-corrected chi connectivity index (χ4v) is 3.52. The molecule has 2 unspecified atom stereocenters. The van der Waals surface area contributed by atoms with E-state index in [4.69, 9.17) is 9.47 Å². The monoisotopic (exact) mass is 489 g/mol. The van der Waals surface area contributed by atoms with Gasteiger partial charge in [0.25, 0.3) is 11.8 Å². The Labute approximate surface area is 208 Å². The zero-order valence-electron chi connectivity index (χ0n) is 20.0.